The fourth-order valence-electron chi connectivity index (χ4n) is 3.43. The second kappa shape index (κ2) is 10.8. The van der Waals surface area contributed by atoms with Crippen molar-refractivity contribution in [1.29, 1.82) is 0 Å². The first-order valence-electron chi connectivity index (χ1n) is 11.1. The van der Waals surface area contributed by atoms with Crippen molar-refractivity contribution in [2.24, 2.45) is 0 Å². The van der Waals surface area contributed by atoms with Gasteiger partial charge >= 0.3 is 5.97 Å². The normalized spacial score (nSPS) is 14.8. The largest absolute Gasteiger partial charge is 0.479 e. The predicted molar refractivity (Wildman–Crippen MR) is 124 cm³/mol. The summed E-state index contributed by atoms with van der Waals surface area (Å²) >= 11 is 0. The minimum absolute atomic E-state index is 0.0340. The van der Waals surface area contributed by atoms with Gasteiger partial charge in [-0.1, -0.05) is 13.8 Å². The van der Waals surface area contributed by atoms with E-state index < -0.39 is 18.0 Å². The van der Waals surface area contributed by atoms with E-state index in [0.29, 0.717) is 47.7 Å². The summed E-state index contributed by atoms with van der Waals surface area (Å²) in [7, 11) is 0. The van der Waals surface area contributed by atoms with Gasteiger partial charge in [-0.05, 0) is 62.2 Å². The van der Waals surface area contributed by atoms with E-state index in [1.807, 2.05) is 13.8 Å². The minimum Gasteiger partial charge on any atom is -0.479 e. The Morgan fingerprint density at radius 3 is 2.39 bits per heavy atom. The van der Waals surface area contributed by atoms with E-state index in [1.165, 1.54) is 4.90 Å². The van der Waals surface area contributed by atoms with Crippen LogP contribution in [0.25, 0.3) is 0 Å². The Balaban J connectivity index is 1.74. The molecular formula is C25H28N2O6. The van der Waals surface area contributed by atoms with Crippen molar-refractivity contribution in [1.82, 2.24) is 0 Å². The zero-order valence-corrected chi connectivity index (χ0v) is 19.1. The molecule has 1 N–H and O–H groups in total. The molecule has 0 fully saturated rings. The standard InChI is InChI=1S/C25H28N2O6/c1-4-6-21(28)18-9-12-22-20(14-18)27(24(30)16(3)33-22)15-23(29)26-19-10-7-17(8-11-19)25(31)32-13-5-2/h7-12,14,16H,4-6,13,15H2,1-3H3,(H,26,29). The summed E-state index contributed by atoms with van der Waals surface area (Å²) in [5, 5.41) is 2.73. The number of carbonyl (C=O) groups excluding carboxylic acids is 4. The lowest BCUT2D eigenvalue weighted by atomic mass is 10.0. The molecule has 0 aromatic heterocycles. The Morgan fingerprint density at radius 1 is 1.03 bits per heavy atom. The fraction of sp³-hybridized carbons (Fsp3) is 0.360. The van der Waals surface area contributed by atoms with Crippen LogP contribution in [-0.4, -0.2) is 42.8 Å². The Bertz CT molecular complexity index is 1050. The average Bonchev–Trinajstić information content (AvgIpc) is 2.80. The first kappa shape index (κ1) is 24.0. The molecule has 8 heteroatoms. The number of carbonyl (C=O) groups is 4. The molecule has 0 saturated heterocycles. The molecule has 0 saturated carbocycles. The van der Waals surface area contributed by atoms with Crippen LogP contribution >= 0.6 is 0 Å². The average molecular weight is 453 g/mol. The lowest BCUT2D eigenvalue weighted by Gasteiger charge is -2.32. The summed E-state index contributed by atoms with van der Waals surface area (Å²) in [4.78, 5) is 51.1. The highest BCUT2D eigenvalue weighted by Gasteiger charge is 2.33. The molecule has 8 nitrogen and oxygen atoms in total. The van der Waals surface area contributed by atoms with Gasteiger partial charge in [0.05, 0.1) is 17.9 Å². The number of Topliss-reactive ketones (excluding diaryl/α,β-unsaturated/α-hetero) is 1. The van der Waals surface area contributed by atoms with Gasteiger partial charge in [0.1, 0.15) is 12.3 Å². The number of esters is 1. The number of fused-ring (bicyclic) bond motifs is 1. The molecule has 1 unspecified atom stereocenters. The van der Waals surface area contributed by atoms with Crippen LogP contribution in [0.15, 0.2) is 42.5 Å². The van der Waals surface area contributed by atoms with Gasteiger partial charge in [-0.3, -0.25) is 19.3 Å². The molecule has 0 bridgehead atoms. The summed E-state index contributed by atoms with van der Waals surface area (Å²) < 4.78 is 10.7. The van der Waals surface area contributed by atoms with Gasteiger partial charge in [0.25, 0.3) is 5.91 Å². The summed E-state index contributed by atoms with van der Waals surface area (Å²) in [6.45, 7) is 5.54. The van der Waals surface area contributed by atoms with Crippen LogP contribution in [0.5, 0.6) is 5.75 Å². The maximum atomic E-state index is 12.8. The van der Waals surface area contributed by atoms with E-state index in [9.17, 15) is 19.2 Å². The van der Waals surface area contributed by atoms with Crippen molar-refractivity contribution in [2.75, 3.05) is 23.4 Å². The van der Waals surface area contributed by atoms with E-state index in [1.54, 1.807) is 49.4 Å². The third-order valence-electron chi connectivity index (χ3n) is 5.11. The molecule has 0 aliphatic carbocycles. The number of ether oxygens (including phenoxy) is 2. The second-order valence-corrected chi connectivity index (χ2v) is 7.80. The third-order valence-corrected chi connectivity index (χ3v) is 5.11. The Labute approximate surface area is 192 Å². The minimum atomic E-state index is -0.754. The number of ketones is 1. The first-order valence-corrected chi connectivity index (χ1v) is 11.1. The summed E-state index contributed by atoms with van der Waals surface area (Å²) in [5.74, 6) is -0.805. The zero-order valence-electron chi connectivity index (χ0n) is 19.1. The molecule has 2 aromatic rings. The summed E-state index contributed by atoms with van der Waals surface area (Å²) in [6.07, 6.45) is 1.09. The lowest BCUT2D eigenvalue weighted by molar-refractivity contribution is -0.127. The predicted octanol–water partition coefficient (Wildman–Crippen LogP) is 3.99. The number of amides is 2. The van der Waals surface area contributed by atoms with Crippen LogP contribution in [0, 0.1) is 0 Å². The van der Waals surface area contributed by atoms with E-state index in [2.05, 4.69) is 5.32 Å². The van der Waals surface area contributed by atoms with Crippen LogP contribution in [0.2, 0.25) is 0 Å². The molecule has 1 aliphatic heterocycles. The van der Waals surface area contributed by atoms with Crippen LogP contribution in [0.4, 0.5) is 11.4 Å². The number of benzene rings is 2. The lowest BCUT2D eigenvalue weighted by Crippen LogP contribution is -2.47. The van der Waals surface area contributed by atoms with Gasteiger partial charge in [0.15, 0.2) is 11.9 Å². The van der Waals surface area contributed by atoms with Crippen LogP contribution in [0.1, 0.15) is 60.7 Å². The van der Waals surface area contributed by atoms with Crippen molar-refractivity contribution in [3.63, 3.8) is 0 Å². The van der Waals surface area contributed by atoms with Gasteiger partial charge in [0.2, 0.25) is 5.91 Å². The summed E-state index contributed by atoms with van der Waals surface area (Å²) in [5.41, 5.74) is 1.73. The number of rotatable bonds is 9. The number of anilines is 2. The molecule has 3 rings (SSSR count). The SMILES string of the molecule is CCCOC(=O)c1ccc(NC(=O)CN2C(=O)C(C)Oc3ccc(C(=O)CCC)cc32)cc1. The van der Waals surface area contributed by atoms with Crippen molar-refractivity contribution >= 4 is 34.9 Å². The van der Waals surface area contributed by atoms with E-state index in [0.717, 1.165) is 6.42 Å². The molecule has 1 heterocycles. The molecule has 174 valence electrons. The second-order valence-electron chi connectivity index (χ2n) is 7.80. The van der Waals surface area contributed by atoms with Crippen LogP contribution in [0.3, 0.4) is 0 Å². The first-order chi connectivity index (χ1) is 15.8. The van der Waals surface area contributed by atoms with Gasteiger partial charge in [0, 0.05) is 17.7 Å². The van der Waals surface area contributed by atoms with Crippen LogP contribution < -0.4 is 15.0 Å². The molecule has 1 aliphatic rings. The molecule has 0 spiro atoms. The van der Waals surface area contributed by atoms with Crippen molar-refractivity contribution in [3.8, 4) is 5.75 Å². The van der Waals surface area contributed by atoms with Gasteiger partial charge < -0.3 is 14.8 Å². The molecular weight excluding hydrogens is 424 g/mol. The highest BCUT2D eigenvalue weighted by Crippen LogP contribution is 2.35. The van der Waals surface area contributed by atoms with Gasteiger partial charge in [-0.15, -0.1) is 0 Å². The molecule has 1 atom stereocenters. The molecule has 2 amide bonds. The molecule has 2 aromatic carbocycles. The van der Waals surface area contributed by atoms with Gasteiger partial charge in [-0.2, -0.15) is 0 Å². The molecule has 33 heavy (non-hydrogen) atoms. The Hall–Kier alpha value is -3.68. The van der Waals surface area contributed by atoms with Crippen LogP contribution in [-0.2, 0) is 14.3 Å². The highest BCUT2D eigenvalue weighted by atomic mass is 16.5. The zero-order chi connectivity index (χ0) is 24.0. The number of hydrogen-bond acceptors (Lipinski definition) is 6. The molecule has 0 radical (unpaired) electrons. The van der Waals surface area contributed by atoms with E-state index in [-0.39, 0.29) is 18.2 Å². The van der Waals surface area contributed by atoms with Crippen molar-refractivity contribution in [3.05, 3.63) is 53.6 Å². The number of nitrogens with one attached hydrogen (secondary N) is 1. The van der Waals surface area contributed by atoms with Crippen molar-refractivity contribution < 1.29 is 28.7 Å². The number of hydrogen-bond donors (Lipinski definition) is 1. The third kappa shape index (κ3) is 5.77. The topological polar surface area (TPSA) is 102 Å². The quantitative estimate of drug-likeness (QED) is 0.456. The van der Waals surface area contributed by atoms with Gasteiger partial charge in [-0.25, -0.2) is 4.79 Å². The van der Waals surface area contributed by atoms with Crippen molar-refractivity contribution in [2.45, 2.75) is 46.1 Å². The smallest absolute Gasteiger partial charge is 0.338 e. The maximum absolute atomic E-state index is 12.8. The fourth-order valence-corrected chi connectivity index (χ4v) is 3.43. The maximum Gasteiger partial charge on any atom is 0.338 e. The monoisotopic (exact) mass is 452 g/mol. The Morgan fingerprint density at radius 2 is 1.73 bits per heavy atom. The van der Waals surface area contributed by atoms with E-state index >= 15 is 0 Å². The number of nitrogens with zero attached hydrogens (tertiary/aromatic N) is 1. The van der Waals surface area contributed by atoms with E-state index in [4.69, 9.17) is 9.47 Å². The Kier molecular flexibility index (Phi) is 7.82. The highest BCUT2D eigenvalue weighted by molar-refractivity contribution is 6.07. The summed E-state index contributed by atoms with van der Waals surface area (Å²) in [6, 6.07) is 11.3.